The summed E-state index contributed by atoms with van der Waals surface area (Å²) in [6, 6.07) is 2.04. The largest absolute Gasteiger partial charge is 0.501 e. The SMILES string of the molecule is O=C(O)c1ccc(Cl)c(O)c1[N+](=O)[O-]. The average molecular weight is 218 g/mol. The number of nitro benzene ring substituents is 1. The van der Waals surface area contributed by atoms with E-state index in [4.69, 9.17) is 21.8 Å². The Hall–Kier alpha value is -1.82. The van der Waals surface area contributed by atoms with Crippen LogP contribution in [0.4, 0.5) is 5.69 Å². The Bertz CT molecular complexity index is 417. The van der Waals surface area contributed by atoms with Gasteiger partial charge in [0.1, 0.15) is 5.56 Å². The lowest BCUT2D eigenvalue weighted by Crippen LogP contribution is -2.02. The van der Waals surface area contributed by atoms with E-state index in [0.29, 0.717) is 0 Å². The lowest BCUT2D eigenvalue weighted by atomic mass is 10.1. The molecule has 0 fully saturated rings. The van der Waals surface area contributed by atoms with Crippen molar-refractivity contribution in [2.75, 3.05) is 0 Å². The maximum Gasteiger partial charge on any atom is 0.342 e. The third kappa shape index (κ3) is 1.60. The average Bonchev–Trinajstić information content (AvgIpc) is 2.08. The van der Waals surface area contributed by atoms with E-state index in [9.17, 15) is 14.9 Å². The molecule has 74 valence electrons. The number of phenols is 1. The quantitative estimate of drug-likeness (QED) is 0.579. The first-order chi connectivity index (χ1) is 6.45. The van der Waals surface area contributed by atoms with Crippen molar-refractivity contribution in [3.63, 3.8) is 0 Å². The molecule has 0 radical (unpaired) electrons. The zero-order valence-corrected chi connectivity index (χ0v) is 7.35. The van der Waals surface area contributed by atoms with E-state index in [1.165, 1.54) is 0 Å². The fraction of sp³-hybridized carbons (Fsp3) is 0. The molecule has 0 amide bonds. The van der Waals surface area contributed by atoms with E-state index in [1.807, 2.05) is 0 Å². The normalized spacial score (nSPS) is 9.79. The van der Waals surface area contributed by atoms with Crippen LogP contribution >= 0.6 is 11.6 Å². The summed E-state index contributed by atoms with van der Waals surface area (Å²) in [5.74, 6) is -2.33. The maximum absolute atomic E-state index is 10.5. The topological polar surface area (TPSA) is 101 Å². The Labute approximate surface area is 82.5 Å². The number of phenolic OH excluding ortho intramolecular Hbond substituents is 1. The number of carboxylic acid groups (broad SMARTS) is 1. The molecule has 0 unspecified atom stereocenters. The summed E-state index contributed by atoms with van der Waals surface area (Å²) in [7, 11) is 0. The molecule has 0 spiro atoms. The van der Waals surface area contributed by atoms with Crippen molar-refractivity contribution < 1.29 is 19.9 Å². The van der Waals surface area contributed by atoms with Crippen LogP contribution in [-0.4, -0.2) is 21.1 Å². The minimum absolute atomic E-state index is 0.262. The fourth-order valence-electron chi connectivity index (χ4n) is 0.912. The molecule has 7 heteroatoms. The van der Waals surface area contributed by atoms with Gasteiger partial charge in [-0.05, 0) is 12.1 Å². The number of nitro groups is 1. The van der Waals surface area contributed by atoms with Gasteiger partial charge >= 0.3 is 11.7 Å². The molecule has 0 aliphatic heterocycles. The summed E-state index contributed by atoms with van der Waals surface area (Å²) in [5, 5.41) is 27.9. The van der Waals surface area contributed by atoms with E-state index < -0.39 is 27.9 Å². The van der Waals surface area contributed by atoms with E-state index >= 15 is 0 Å². The molecule has 0 bridgehead atoms. The molecule has 0 saturated carbocycles. The molecule has 14 heavy (non-hydrogen) atoms. The first kappa shape index (κ1) is 10.3. The second-order valence-electron chi connectivity index (χ2n) is 2.35. The van der Waals surface area contributed by atoms with Crippen molar-refractivity contribution in [3.05, 3.63) is 32.8 Å². The zero-order chi connectivity index (χ0) is 10.9. The Balaban J connectivity index is 3.53. The van der Waals surface area contributed by atoms with E-state index in [2.05, 4.69) is 0 Å². The molecular weight excluding hydrogens is 214 g/mol. The minimum Gasteiger partial charge on any atom is -0.501 e. The van der Waals surface area contributed by atoms with E-state index in [0.717, 1.165) is 12.1 Å². The van der Waals surface area contributed by atoms with Gasteiger partial charge in [-0.15, -0.1) is 0 Å². The molecule has 6 nitrogen and oxygen atoms in total. The number of carbonyl (C=O) groups is 1. The molecule has 0 saturated heterocycles. The molecule has 0 aliphatic rings. The number of carboxylic acids is 1. The van der Waals surface area contributed by atoms with Crippen LogP contribution in [0.25, 0.3) is 0 Å². The van der Waals surface area contributed by atoms with E-state index in [1.54, 1.807) is 0 Å². The maximum atomic E-state index is 10.5. The number of rotatable bonds is 2. The third-order valence-electron chi connectivity index (χ3n) is 1.51. The highest BCUT2D eigenvalue weighted by Gasteiger charge is 2.26. The molecule has 0 aromatic heterocycles. The number of hydrogen-bond donors (Lipinski definition) is 2. The highest BCUT2D eigenvalue weighted by Crippen LogP contribution is 2.36. The third-order valence-corrected chi connectivity index (χ3v) is 1.82. The van der Waals surface area contributed by atoms with Gasteiger partial charge in [0.15, 0.2) is 0 Å². The van der Waals surface area contributed by atoms with Crippen LogP contribution in [0.15, 0.2) is 12.1 Å². The summed E-state index contributed by atoms with van der Waals surface area (Å²) >= 11 is 5.39. The van der Waals surface area contributed by atoms with Crippen molar-refractivity contribution in [1.29, 1.82) is 0 Å². The summed E-state index contributed by atoms with van der Waals surface area (Å²) in [6.45, 7) is 0. The molecule has 1 aromatic rings. The minimum atomic E-state index is -1.50. The van der Waals surface area contributed by atoms with Crippen LogP contribution in [0, 0.1) is 10.1 Å². The van der Waals surface area contributed by atoms with Gasteiger partial charge in [-0.3, -0.25) is 10.1 Å². The molecule has 0 atom stereocenters. The number of hydrogen-bond acceptors (Lipinski definition) is 4. The molecule has 1 aromatic carbocycles. The second kappa shape index (κ2) is 3.51. The van der Waals surface area contributed by atoms with Gasteiger partial charge in [-0.25, -0.2) is 4.79 Å². The van der Waals surface area contributed by atoms with Crippen LogP contribution in [0.5, 0.6) is 5.75 Å². The highest BCUT2D eigenvalue weighted by atomic mass is 35.5. The highest BCUT2D eigenvalue weighted by molar-refractivity contribution is 6.32. The van der Waals surface area contributed by atoms with Gasteiger partial charge in [-0.2, -0.15) is 0 Å². The summed E-state index contributed by atoms with van der Waals surface area (Å²) in [5.41, 5.74) is -1.50. The summed E-state index contributed by atoms with van der Waals surface area (Å²) < 4.78 is 0. The van der Waals surface area contributed by atoms with Crippen molar-refractivity contribution in [2.45, 2.75) is 0 Å². The van der Waals surface area contributed by atoms with Crippen molar-refractivity contribution >= 4 is 23.3 Å². The fourth-order valence-corrected chi connectivity index (χ4v) is 1.06. The lowest BCUT2D eigenvalue weighted by molar-refractivity contribution is -0.386. The first-order valence-corrected chi connectivity index (χ1v) is 3.72. The van der Waals surface area contributed by atoms with Crippen LogP contribution in [0.3, 0.4) is 0 Å². The molecular formula is C7H4ClNO5. The van der Waals surface area contributed by atoms with Gasteiger partial charge < -0.3 is 10.2 Å². The summed E-state index contributed by atoms with van der Waals surface area (Å²) in [6.07, 6.45) is 0. The molecule has 2 N–H and O–H groups in total. The van der Waals surface area contributed by atoms with Crippen molar-refractivity contribution in [1.82, 2.24) is 0 Å². The van der Waals surface area contributed by atoms with Gasteiger partial charge in [0, 0.05) is 0 Å². The van der Waals surface area contributed by atoms with Crippen molar-refractivity contribution in [2.24, 2.45) is 0 Å². The van der Waals surface area contributed by atoms with Crippen LogP contribution in [-0.2, 0) is 0 Å². The number of nitrogens with zero attached hydrogens (tertiary/aromatic N) is 1. The monoisotopic (exact) mass is 217 g/mol. The number of benzene rings is 1. The number of aromatic carboxylic acids is 1. The predicted molar refractivity (Wildman–Crippen MR) is 46.7 cm³/mol. The van der Waals surface area contributed by atoms with Crippen LogP contribution in [0.1, 0.15) is 10.4 Å². The van der Waals surface area contributed by atoms with E-state index in [-0.39, 0.29) is 5.02 Å². The number of halogens is 1. The predicted octanol–water partition coefficient (Wildman–Crippen LogP) is 1.65. The molecule has 0 aliphatic carbocycles. The Morgan fingerprint density at radius 2 is 2.07 bits per heavy atom. The van der Waals surface area contributed by atoms with Gasteiger partial charge in [0.05, 0.1) is 9.95 Å². The molecule has 0 heterocycles. The second-order valence-corrected chi connectivity index (χ2v) is 2.76. The van der Waals surface area contributed by atoms with Gasteiger partial charge in [0.25, 0.3) is 0 Å². The lowest BCUT2D eigenvalue weighted by Gasteiger charge is -2.01. The number of aromatic hydroxyl groups is 1. The smallest absolute Gasteiger partial charge is 0.342 e. The Morgan fingerprint density at radius 1 is 1.50 bits per heavy atom. The Morgan fingerprint density at radius 3 is 2.50 bits per heavy atom. The van der Waals surface area contributed by atoms with Gasteiger partial charge in [-0.1, -0.05) is 11.6 Å². The van der Waals surface area contributed by atoms with Crippen molar-refractivity contribution in [3.8, 4) is 5.75 Å². The van der Waals surface area contributed by atoms with Gasteiger partial charge in [0.2, 0.25) is 5.75 Å². The summed E-state index contributed by atoms with van der Waals surface area (Å²) in [4.78, 5) is 20.0. The molecule has 1 rings (SSSR count). The zero-order valence-electron chi connectivity index (χ0n) is 6.60. The van der Waals surface area contributed by atoms with Crippen LogP contribution in [0.2, 0.25) is 5.02 Å². The Kier molecular flexibility index (Phi) is 2.57. The standard InChI is InChI=1S/C7H4ClNO5/c8-4-2-1-3(7(11)12)5(6(4)10)9(13)14/h1-2,10H,(H,11,12). The van der Waals surface area contributed by atoms with Crippen LogP contribution < -0.4 is 0 Å². The first-order valence-electron chi connectivity index (χ1n) is 3.34.